The van der Waals surface area contributed by atoms with Crippen molar-refractivity contribution in [2.24, 2.45) is 0 Å². The third-order valence-corrected chi connectivity index (χ3v) is 5.57. The van der Waals surface area contributed by atoms with Gasteiger partial charge < -0.3 is 15.0 Å². The van der Waals surface area contributed by atoms with Gasteiger partial charge in [-0.15, -0.1) is 0 Å². The highest BCUT2D eigenvalue weighted by molar-refractivity contribution is 5.98. The Morgan fingerprint density at radius 2 is 1.68 bits per heavy atom. The molecule has 0 radical (unpaired) electrons. The molecule has 0 fully saturated rings. The van der Waals surface area contributed by atoms with Crippen LogP contribution in [0.15, 0.2) is 72.8 Å². The van der Waals surface area contributed by atoms with E-state index in [4.69, 9.17) is 0 Å². The van der Waals surface area contributed by atoms with E-state index in [-0.39, 0.29) is 11.5 Å². The van der Waals surface area contributed by atoms with Gasteiger partial charge in [-0.25, -0.2) is 9.18 Å². The van der Waals surface area contributed by atoms with Gasteiger partial charge >= 0.3 is 5.97 Å². The zero-order valence-electron chi connectivity index (χ0n) is 17.4. The maximum atomic E-state index is 13.7. The van der Waals surface area contributed by atoms with Crippen molar-refractivity contribution in [1.29, 1.82) is 0 Å². The highest BCUT2D eigenvalue weighted by Crippen LogP contribution is 2.28. The van der Waals surface area contributed by atoms with Crippen LogP contribution in [-0.2, 0) is 26.1 Å². The molecule has 2 N–H and O–H groups in total. The number of aromatic carboxylic acids is 1. The van der Waals surface area contributed by atoms with Crippen LogP contribution in [0.5, 0.6) is 0 Å². The van der Waals surface area contributed by atoms with Crippen molar-refractivity contribution in [3.63, 3.8) is 0 Å². The van der Waals surface area contributed by atoms with Crippen LogP contribution in [0.4, 0.5) is 4.39 Å². The molecule has 0 bridgehead atoms. The minimum Gasteiger partial charge on any atom is -0.477 e. The number of hydrogen-bond donors (Lipinski definition) is 2. The van der Waals surface area contributed by atoms with Crippen LogP contribution in [0, 0.1) is 5.82 Å². The van der Waals surface area contributed by atoms with E-state index in [9.17, 15) is 14.3 Å². The molecule has 0 atom stereocenters. The molecule has 4 aromatic rings. The number of carboxylic acids is 1. The summed E-state index contributed by atoms with van der Waals surface area (Å²) in [5.41, 5.74) is 4.96. The van der Waals surface area contributed by atoms with Crippen molar-refractivity contribution >= 4 is 16.9 Å². The Labute approximate surface area is 181 Å². The maximum absolute atomic E-state index is 13.7. The Balaban J connectivity index is 1.65. The number of nitrogens with zero attached hydrogens (tertiary/aromatic N) is 1. The number of aromatic nitrogens is 1. The molecule has 0 amide bonds. The van der Waals surface area contributed by atoms with E-state index in [1.54, 1.807) is 16.7 Å². The lowest BCUT2D eigenvalue weighted by molar-refractivity contribution is 0.0685. The van der Waals surface area contributed by atoms with Crippen LogP contribution in [0.2, 0.25) is 0 Å². The van der Waals surface area contributed by atoms with E-state index in [1.807, 2.05) is 24.3 Å². The highest BCUT2D eigenvalue weighted by atomic mass is 19.1. The van der Waals surface area contributed by atoms with Gasteiger partial charge in [0.1, 0.15) is 11.5 Å². The molecule has 0 aliphatic heterocycles. The SMILES string of the molecule is CCc1ccc(CNCc2c(C(=O)O)n(Cc3cccc(F)c3)c3ccccc23)cc1. The fourth-order valence-electron chi connectivity index (χ4n) is 4.01. The Morgan fingerprint density at radius 1 is 0.935 bits per heavy atom. The fraction of sp³-hybridized carbons (Fsp3) is 0.192. The summed E-state index contributed by atoms with van der Waals surface area (Å²) in [5.74, 6) is -1.32. The number of rotatable bonds is 8. The van der Waals surface area contributed by atoms with E-state index >= 15 is 0 Å². The lowest BCUT2D eigenvalue weighted by Crippen LogP contribution is -2.17. The van der Waals surface area contributed by atoms with Crippen molar-refractivity contribution in [1.82, 2.24) is 9.88 Å². The summed E-state index contributed by atoms with van der Waals surface area (Å²) >= 11 is 0. The number of hydrogen-bond acceptors (Lipinski definition) is 2. The molecule has 0 spiro atoms. The summed E-state index contributed by atoms with van der Waals surface area (Å²) in [6, 6.07) is 22.4. The van der Waals surface area contributed by atoms with E-state index in [0.29, 0.717) is 19.6 Å². The topological polar surface area (TPSA) is 54.3 Å². The van der Waals surface area contributed by atoms with Crippen molar-refractivity contribution in [3.8, 4) is 0 Å². The second-order valence-corrected chi connectivity index (χ2v) is 7.64. The normalized spacial score (nSPS) is 11.2. The van der Waals surface area contributed by atoms with Gasteiger partial charge in [0.15, 0.2) is 0 Å². The Hall–Kier alpha value is -3.44. The summed E-state index contributed by atoms with van der Waals surface area (Å²) in [7, 11) is 0. The number of benzene rings is 3. The minimum absolute atomic E-state index is 0.235. The molecule has 5 heteroatoms. The van der Waals surface area contributed by atoms with Crippen molar-refractivity contribution in [2.75, 3.05) is 0 Å². The van der Waals surface area contributed by atoms with Gasteiger partial charge in [0.2, 0.25) is 0 Å². The molecule has 0 aliphatic rings. The lowest BCUT2D eigenvalue weighted by Gasteiger charge is -2.10. The Morgan fingerprint density at radius 3 is 2.39 bits per heavy atom. The molecule has 0 saturated heterocycles. The summed E-state index contributed by atoms with van der Waals surface area (Å²) in [6.07, 6.45) is 1.00. The average Bonchev–Trinajstić information content (AvgIpc) is 3.08. The molecule has 1 aromatic heterocycles. The van der Waals surface area contributed by atoms with Crippen LogP contribution in [0.1, 0.15) is 39.7 Å². The largest absolute Gasteiger partial charge is 0.477 e. The second-order valence-electron chi connectivity index (χ2n) is 7.64. The van der Waals surface area contributed by atoms with Gasteiger partial charge in [-0.2, -0.15) is 0 Å². The average molecular weight is 416 g/mol. The number of fused-ring (bicyclic) bond motifs is 1. The highest BCUT2D eigenvalue weighted by Gasteiger charge is 2.22. The van der Waals surface area contributed by atoms with Gasteiger partial charge in [0.25, 0.3) is 0 Å². The molecule has 31 heavy (non-hydrogen) atoms. The van der Waals surface area contributed by atoms with Crippen molar-refractivity contribution in [2.45, 2.75) is 33.0 Å². The maximum Gasteiger partial charge on any atom is 0.352 e. The van der Waals surface area contributed by atoms with Crippen molar-refractivity contribution < 1.29 is 14.3 Å². The first-order valence-corrected chi connectivity index (χ1v) is 10.4. The number of para-hydroxylation sites is 1. The van der Waals surface area contributed by atoms with Crippen LogP contribution >= 0.6 is 0 Å². The molecule has 0 unspecified atom stereocenters. The number of aryl methyl sites for hydroxylation is 1. The van der Waals surface area contributed by atoms with Gasteiger partial charge in [-0.3, -0.25) is 0 Å². The van der Waals surface area contributed by atoms with Gasteiger partial charge in [0, 0.05) is 36.1 Å². The molecule has 158 valence electrons. The molecular weight excluding hydrogens is 391 g/mol. The summed E-state index contributed by atoms with van der Waals surface area (Å²) < 4.78 is 15.5. The summed E-state index contributed by atoms with van der Waals surface area (Å²) in [6.45, 7) is 3.49. The number of nitrogens with one attached hydrogen (secondary N) is 1. The van der Waals surface area contributed by atoms with E-state index < -0.39 is 5.97 Å². The molecule has 4 nitrogen and oxygen atoms in total. The lowest BCUT2D eigenvalue weighted by atomic mass is 10.1. The zero-order chi connectivity index (χ0) is 21.8. The second kappa shape index (κ2) is 9.14. The zero-order valence-corrected chi connectivity index (χ0v) is 17.4. The van der Waals surface area contributed by atoms with E-state index in [0.717, 1.165) is 34.0 Å². The van der Waals surface area contributed by atoms with Crippen LogP contribution in [-0.4, -0.2) is 15.6 Å². The number of carboxylic acid groups (broad SMARTS) is 1. The van der Waals surface area contributed by atoms with Crippen LogP contribution in [0.25, 0.3) is 10.9 Å². The van der Waals surface area contributed by atoms with Crippen LogP contribution < -0.4 is 5.32 Å². The van der Waals surface area contributed by atoms with Gasteiger partial charge in [-0.05, 0) is 41.3 Å². The third-order valence-electron chi connectivity index (χ3n) is 5.57. The monoisotopic (exact) mass is 416 g/mol. The molecule has 3 aromatic carbocycles. The Kier molecular flexibility index (Phi) is 6.14. The summed E-state index contributed by atoms with van der Waals surface area (Å²) in [5, 5.41) is 14.3. The quantitative estimate of drug-likeness (QED) is 0.406. The molecule has 4 rings (SSSR count). The van der Waals surface area contributed by atoms with E-state index in [1.165, 1.54) is 17.7 Å². The first-order chi connectivity index (χ1) is 15.1. The fourth-order valence-corrected chi connectivity index (χ4v) is 4.01. The molecule has 0 aliphatic carbocycles. The predicted octanol–water partition coefficient (Wildman–Crippen LogP) is 5.38. The number of halogens is 1. The predicted molar refractivity (Wildman–Crippen MR) is 121 cm³/mol. The van der Waals surface area contributed by atoms with Gasteiger partial charge in [0.05, 0.1) is 0 Å². The van der Waals surface area contributed by atoms with Crippen LogP contribution in [0.3, 0.4) is 0 Å². The molecular formula is C26H25FN2O2. The third kappa shape index (κ3) is 4.52. The minimum atomic E-state index is -0.989. The summed E-state index contributed by atoms with van der Waals surface area (Å²) in [4.78, 5) is 12.3. The number of carbonyl (C=O) groups is 1. The van der Waals surface area contributed by atoms with Gasteiger partial charge in [-0.1, -0.05) is 61.5 Å². The molecule has 0 saturated carbocycles. The first kappa shape index (κ1) is 20.8. The van der Waals surface area contributed by atoms with E-state index in [2.05, 4.69) is 36.5 Å². The first-order valence-electron chi connectivity index (χ1n) is 10.4. The van der Waals surface area contributed by atoms with Crippen molar-refractivity contribution in [3.05, 3.63) is 107 Å². The Bertz CT molecular complexity index is 1210. The molecule has 1 heterocycles. The smallest absolute Gasteiger partial charge is 0.352 e. The standard InChI is InChI=1S/C26H25FN2O2/c1-2-18-10-12-19(13-11-18)15-28-16-23-22-8-3-4-9-24(22)29(25(23)26(30)31)17-20-6-5-7-21(27)14-20/h3-14,28H,2,15-17H2,1H3,(H,30,31).